The summed E-state index contributed by atoms with van der Waals surface area (Å²) in [5, 5.41) is 3.93. The molecule has 1 aromatic carbocycles. The number of nitrogens with zero attached hydrogens (tertiary/aromatic N) is 2. The zero-order chi connectivity index (χ0) is 14.9. The van der Waals surface area contributed by atoms with Gasteiger partial charge in [-0.2, -0.15) is 18.3 Å². The maximum Gasteiger partial charge on any atom is 0.416 e. The lowest BCUT2D eigenvalue weighted by Gasteiger charge is -2.07. The van der Waals surface area contributed by atoms with Crippen molar-refractivity contribution >= 4 is 21.7 Å². The first kappa shape index (κ1) is 14.8. The first-order valence-electron chi connectivity index (χ1n) is 5.66. The predicted molar refractivity (Wildman–Crippen MR) is 70.4 cm³/mol. The van der Waals surface area contributed by atoms with E-state index < -0.39 is 11.7 Å². The number of hydrogen-bond donors (Lipinski definition) is 0. The molecule has 106 valence electrons. The van der Waals surface area contributed by atoms with Gasteiger partial charge in [-0.3, -0.25) is 9.48 Å². The Labute approximate surface area is 121 Å². The van der Waals surface area contributed by atoms with Crippen LogP contribution in [-0.2, 0) is 19.6 Å². The fourth-order valence-electron chi connectivity index (χ4n) is 1.81. The van der Waals surface area contributed by atoms with Crippen molar-refractivity contribution in [3.63, 3.8) is 0 Å². The molecule has 0 radical (unpaired) electrons. The Bertz CT molecular complexity index is 613. The Balaban J connectivity index is 2.17. The molecule has 0 saturated heterocycles. The van der Waals surface area contributed by atoms with Crippen molar-refractivity contribution in [3.8, 4) is 0 Å². The molecule has 0 aliphatic rings. The molecule has 0 spiro atoms. The fraction of sp³-hybridized carbons (Fsp3) is 0.231. The second-order valence-electron chi connectivity index (χ2n) is 4.26. The molecule has 0 atom stereocenters. The van der Waals surface area contributed by atoms with E-state index in [1.807, 2.05) is 0 Å². The Morgan fingerprint density at radius 3 is 2.35 bits per heavy atom. The van der Waals surface area contributed by atoms with Crippen LogP contribution >= 0.6 is 15.9 Å². The molecule has 1 aromatic heterocycles. The molecular weight excluding hydrogens is 337 g/mol. The van der Waals surface area contributed by atoms with Gasteiger partial charge in [-0.15, -0.1) is 0 Å². The van der Waals surface area contributed by atoms with Gasteiger partial charge >= 0.3 is 6.18 Å². The number of aromatic nitrogens is 2. The number of ketones is 1. The highest BCUT2D eigenvalue weighted by molar-refractivity contribution is 9.10. The second-order valence-corrected chi connectivity index (χ2v) is 5.11. The maximum atomic E-state index is 12.4. The van der Waals surface area contributed by atoms with E-state index in [4.69, 9.17) is 0 Å². The number of Topliss-reactive ketones (excluding diaryl/α,β-unsaturated/α-hetero) is 1. The maximum absolute atomic E-state index is 12.4. The second kappa shape index (κ2) is 5.40. The molecule has 2 aromatic rings. The van der Waals surface area contributed by atoms with Gasteiger partial charge in [0.2, 0.25) is 0 Å². The zero-order valence-electron chi connectivity index (χ0n) is 10.4. The van der Waals surface area contributed by atoms with Gasteiger partial charge in [-0.1, -0.05) is 12.1 Å². The number of carbonyl (C=O) groups is 1. The topological polar surface area (TPSA) is 34.9 Å². The van der Waals surface area contributed by atoms with Crippen LogP contribution in [0.4, 0.5) is 13.2 Å². The third-order valence-corrected chi connectivity index (χ3v) is 3.38. The molecule has 3 nitrogen and oxygen atoms in total. The van der Waals surface area contributed by atoms with E-state index >= 15 is 0 Å². The number of carbonyl (C=O) groups excluding carboxylic acids is 1. The molecule has 0 fully saturated rings. The molecule has 20 heavy (non-hydrogen) atoms. The van der Waals surface area contributed by atoms with Gasteiger partial charge < -0.3 is 0 Å². The van der Waals surface area contributed by atoms with Gasteiger partial charge in [0.1, 0.15) is 5.69 Å². The molecule has 2 rings (SSSR count). The first-order chi connectivity index (χ1) is 9.29. The van der Waals surface area contributed by atoms with Crippen molar-refractivity contribution in [1.82, 2.24) is 9.78 Å². The molecule has 0 N–H and O–H groups in total. The molecule has 0 amide bonds. The number of halogens is 4. The van der Waals surface area contributed by atoms with Crippen LogP contribution in [0.2, 0.25) is 0 Å². The van der Waals surface area contributed by atoms with Gasteiger partial charge in [-0.25, -0.2) is 0 Å². The average Bonchev–Trinajstić information content (AvgIpc) is 2.68. The van der Waals surface area contributed by atoms with Crippen LogP contribution in [0.1, 0.15) is 21.6 Å². The van der Waals surface area contributed by atoms with Crippen molar-refractivity contribution in [2.75, 3.05) is 0 Å². The molecule has 0 saturated carbocycles. The molecule has 0 aliphatic heterocycles. The van der Waals surface area contributed by atoms with Gasteiger partial charge in [0.25, 0.3) is 0 Å². The lowest BCUT2D eigenvalue weighted by Crippen LogP contribution is -2.11. The van der Waals surface area contributed by atoms with E-state index in [0.29, 0.717) is 15.7 Å². The Hall–Kier alpha value is -1.63. The third kappa shape index (κ3) is 3.09. The number of benzene rings is 1. The van der Waals surface area contributed by atoms with Gasteiger partial charge in [0.15, 0.2) is 5.78 Å². The summed E-state index contributed by atoms with van der Waals surface area (Å²) in [6, 6.07) is 4.57. The van der Waals surface area contributed by atoms with E-state index in [1.54, 1.807) is 7.05 Å². The van der Waals surface area contributed by atoms with Crippen molar-refractivity contribution in [2.24, 2.45) is 7.05 Å². The van der Waals surface area contributed by atoms with Crippen molar-refractivity contribution in [3.05, 3.63) is 51.8 Å². The number of rotatable bonds is 3. The molecule has 1 heterocycles. The summed E-state index contributed by atoms with van der Waals surface area (Å²) in [4.78, 5) is 12.1. The smallest absolute Gasteiger partial charge is 0.292 e. The average molecular weight is 347 g/mol. The summed E-state index contributed by atoms with van der Waals surface area (Å²) >= 11 is 3.22. The first-order valence-corrected chi connectivity index (χ1v) is 6.45. The van der Waals surface area contributed by atoms with Crippen LogP contribution in [0.15, 0.2) is 34.9 Å². The minimum absolute atomic E-state index is 0.0241. The Kier molecular flexibility index (Phi) is 3.99. The van der Waals surface area contributed by atoms with Crippen LogP contribution in [0.25, 0.3) is 0 Å². The molecular formula is C13H10BrF3N2O. The molecule has 0 aliphatic carbocycles. The summed E-state index contributed by atoms with van der Waals surface area (Å²) in [5.41, 5.74) is 0.191. The van der Waals surface area contributed by atoms with Crippen molar-refractivity contribution in [1.29, 1.82) is 0 Å². The largest absolute Gasteiger partial charge is 0.416 e. The Morgan fingerprint density at radius 2 is 1.90 bits per heavy atom. The monoisotopic (exact) mass is 346 g/mol. The van der Waals surface area contributed by atoms with Crippen molar-refractivity contribution in [2.45, 2.75) is 12.6 Å². The van der Waals surface area contributed by atoms with Crippen molar-refractivity contribution < 1.29 is 18.0 Å². The number of aryl methyl sites for hydroxylation is 1. The zero-order valence-corrected chi connectivity index (χ0v) is 12.0. The summed E-state index contributed by atoms with van der Waals surface area (Å²) in [6.45, 7) is 0. The van der Waals surface area contributed by atoms with Crippen LogP contribution in [0.3, 0.4) is 0 Å². The molecule has 7 heteroatoms. The van der Waals surface area contributed by atoms with Crippen LogP contribution in [0.5, 0.6) is 0 Å². The minimum Gasteiger partial charge on any atom is -0.292 e. The lowest BCUT2D eigenvalue weighted by atomic mass is 10.0. The van der Waals surface area contributed by atoms with Crippen LogP contribution in [-0.4, -0.2) is 15.6 Å². The van der Waals surface area contributed by atoms with E-state index in [1.165, 1.54) is 23.0 Å². The predicted octanol–water partition coefficient (Wildman–Crippen LogP) is 3.63. The minimum atomic E-state index is -4.37. The molecule has 0 unspecified atom stereocenters. The van der Waals surface area contributed by atoms with E-state index in [2.05, 4.69) is 21.0 Å². The number of hydrogen-bond acceptors (Lipinski definition) is 2. The van der Waals surface area contributed by atoms with E-state index in [0.717, 1.165) is 12.1 Å². The fourth-order valence-corrected chi connectivity index (χ4v) is 2.37. The highest BCUT2D eigenvalue weighted by Gasteiger charge is 2.30. The lowest BCUT2D eigenvalue weighted by molar-refractivity contribution is -0.137. The highest BCUT2D eigenvalue weighted by Crippen LogP contribution is 2.29. The third-order valence-electron chi connectivity index (χ3n) is 2.80. The summed E-state index contributed by atoms with van der Waals surface area (Å²) in [6.07, 6.45) is -2.84. The summed E-state index contributed by atoms with van der Waals surface area (Å²) < 4.78 is 39.3. The van der Waals surface area contributed by atoms with Gasteiger partial charge in [0, 0.05) is 13.5 Å². The SMILES string of the molecule is Cn1ncc(Br)c1C(=O)Cc1ccc(C(F)(F)F)cc1. The van der Waals surface area contributed by atoms with Gasteiger partial charge in [0.05, 0.1) is 16.2 Å². The molecule has 0 bridgehead atoms. The highest BCUT2D eigenvalue weighted by atomic mass is 79.9. The van der Waals surface area contributed by atoms with Crippen LogP contribution < -0.4 is 0 Å². The quantitative estimate of drug-likeness (QED) is 0.795. The Morgan fingerprint density at radius 1 is 1.30 bits per heavy atom. The van der Waals surface area contributed by atoms with E-state index in [-0.39, 0.29) is 12.2 Å². The normalized spacial score (nSPS) is 11.7. The van der Waals surface area contributed by atoms with Crippen LogP contribution in [0, 0.1) is 0 Å². The number of alkyl halides is 3. The standard InChI is InChI=1S/C13H10BrF3N2O/c1-19-12(10(14)7-18-19)11(20)6-8-2-4-9(5-3-8)13(15,16)17/h2-5,7H,6H2,1H3. The summed E-state index contributed by atoms with van der Waals surface area (Å²) in [7, 11) is 1.63. The van der Waals surface area contributed by atoms with Gasteiger partial charge in [-0.05, 0) is 33.6 Å². The van der Waals surface area contributed by atoms with E-state index in [9.17, 15) is 18.0 Å². The summed E-state index contributed by atoms with van der Waals surface area (Å²) in [5.74, 6) is -0.211.